The van der Waals surface area contributed by atoms with Gasteiger partial charge in [0.1, 0.15) is 5.82 Å². The van der Waals surface area contributed by atoms with Gasteiger partial charge in [-0.15, -0.1) is 0 Å². The molecule has 1 fully saturated rings. The van der Waals surface area contributed by atoms with E-state index in [1.807, 2.05) is 55.1 Å². The predicted molar refractivity (Wildman–Crippen MR) is 137 cm³/mol. The van der Waals surface area contributed by atoms with Gasteiger partial charge in [-0.1, -0.05) is 48.5 Å². The molecule has 2 aromatic carbocycles. The molecule has 0 saturated carbocycles. The van der Waals surface area contributed by atoms with Gasteiger partial charge in [0.15, 0.2) is 0 Å². The molecule has 33 heavy (non-hydrogen) atoms. The number of amides is 1. The van der Waals surface area contributed by atoms with Gasteiger partial charge in [0.25, 0.3) is 0 Å². The Bertz CT molecular complexity index is 1090. The molecule has 3 aromatic rings. The van der Waals surface area contributed by atoms with Crippen molar-refractivity contribution in [3.8, 4) is 0 Å². The molecule has 0 aliphatic carbocycles. The standard InChI is InChI=1S/C27H35N5O/c1-27(2,21-10-6-5-7-11-21)26(33)32-18-16-31(17-19-32)25-20-24(28-14-15-30(3)4)22-12-8-9-13-23(22)29-25/h5-13,20H,14-19H2,1-4H3,(H,28,29). The maximum atomic E-state index is 13.3. The Morgan fingerprint density at radius 1 is 1.00 bits per heavy atom. The van der Waals surface area contributed by atoms with Crippen molar-refractivity contribution >= 4 is 28.3 Å². The monoisotopic (exact) mass is 445 g/mol. The lowest BCUT2D eigenvalue weighted by molar-refractivity contribution is -0.136. The van der Waals surface area contributed by atoms with E-state index in [0.29, 0.717) is 13.1 Å². The lowest BCUT2D eigenvalue weighted by Crippen LogP contribution is -2.53. The van der Waals surface area contributed by atoms with Crippen LogP contribution in [-0.4, -0.2) is 74.1 Å². The zero-order valence-corrected chi connectivity index (χ0v) is 20.2. The number of piperazine rings is 1. The van der Waals surface area contributed by atoms with Crippen LogP contribution in [0.5, 0.6) is 0 Å². The second-order valence-corrected chi connectivity index (χ2v) is 9.55. The number of rotatable bonds is 7. The minimum atomic E-state index is -0.534. The number of carbonyl (C=O) groups excluding carboxylic acids is 1. The first-order chi connectivity index (χ1) is 15.9. The van der Waals surface area contributed by atoms with Crippen LogP contribution in [0.4, 0.5) is 11.5 Å². The molecule has 1 saturated heterocycles. The molecule has 0 bridgehead atoms. The summed E-state index contributed by atoms with van der Waals surface area (Å²) in [5.74, 6) is 1.15. The van der Waals surface area contributed by atoms with E-state index in [-0.39, 0.29) is 5.91 Å². The van der Waals surface area contributed by atoms with Crippen LogP contribution in [-0.2, 0) is 10.2 Å². The van der Waals surface area contributed by atoms with E-state index in [2.05, 4.69) is 53.5 Å². The van der Waals surface area contributed by atoms with Gasteiger partial charge in [-0.25, -0.2) is 4.98 Å². The average Bonchev–Trinajstić information content (AvgIpc) is 2.84. The smallest absolute Gasteiger partial charge is 0.232 e. The Labute approximate surface area is 197 Å². The molecule has 0 unspecified atom stereocenters. The van der Waals surface area contributed by atoms with Crippen LogP contribution < -0.4 is 10.2 Å². The predicted octanol–water partition coefficient (Wildman–Crippen LogP) is 3.83. The summed E-state index contributed by atoms with van der Waals surface area (Å²) in [5.41, 5.74) is 2.63. The Morgan fingerprint density at radius 3 is 2.36 bits per heavy atom. The van der Waals surface area contributed by atoms with E-state index >= 15 is 0 Å². The fraction of sp³-hybridized carbons (Fsp3) is 0.407. The zero-order chi connectivity index (χ0) is 23.4. The second-order valence-electron chi connectivity index (χ2n) is 9.55. The van der Waals surface area contributed by atoms with Crippen LogP contribution in [0.15, 0.2) is 60.7 Å². The minimum Gasteiger partial charge on any atom is -0.383 e. The number of hydrogen-bond donors (Lipinski definition) is 1. The highest BCUT2D eigenvalue weighted by Crippen LogP contribution is 2.29. The largest absolute Gasteiger partial charge is 0.383 e. The van der Waals surface area contributed by atoms with Crippen molar-refractivity contribution in [2.45, 2.75) is 19.3 Å². The van der Waals surface area contributed by atoms with Crippen molar-refractivity contribution in [1.82, 2.24) is 14.8 Å². The quantitative estimate of drug-likeness (QED) is 0.599. The van der Waals surface area contributed by atoms with Crippen LogP contribution in [0.1, 0.15) is 19.4 Å². The number of para-hydroxylation sites is 1. The van der Waals surface area contributed by atoms with Crippen molar-refractivity contribution in [3.05, 3.63) is 66.2 Å². The van der Waals surface area contributed by atoms with Gasteiger partial charge in [0.05, 0.1) is 10.9 Å². The van der Waals surface area contributed by atoms with Crippen molar-refractivity contribution < 1.29 is 4.79 Å². The molecule has 1 N–H and O–H groups in total. The van der Waals surface area contributed by atoms with E-state index in [1.165, 1.54) is 0 Å². The molecular weight excluding hydrogens is 410 g/mol. The molecule has 6 heteroatoms. The number of likely N-dealkylation sites (N-methyl/N-ethyl adjacent to an activating group) is 1. The molecular formula is C27H35N5O. The normalized spacial score (nSPS) is 14.7. The van der Waals surface area contributed by atoms with Crippen molar-refractivity contribution in [1.29, 1.82) is 0 Å². The number of nitrogens with zero attached hydrogens (tertiary/aromatic N) is 4. The van der Waals surface area contributed by atoms with Crippen molar-refractivity contribution in [2.75, 3.05) is 63.6 Å². The number of anilines is 2. The second kappa shape index (κ2) is 9.79. The maximum Gasteiger partial charge on any atom is 0.232 e. The summed E-state index contributed by atoms with van der Waals surface area (Å²) in [6, 6.07) is 20.5. The van der Waals surface area contributed by atoms with E-state index in [9.17, 15) is 4.79 Å². The van der Waals surface area contributed by atoms with Crippen LogP contribution in [0, 0.1) is 0 Å². The van der Waals surface area contributed by atoms with E-state index in [4.69, 9.17) is 4.98 Å². The molecule has 4 rings (SSSR count). The number of pyridine rings is 1. The Balaban J connectivity index is 1.48. The van der Waals surface area contributed by atoms with Gasteiger partial charge >= 0.3 is 0 Å². The lowest BCUT2D eigenvalue weighted by Gasteiger charge is -2.39. The fourth-order valence-electron chi connectivity index (χ4n) is 4.40. The highest BCUT2D eigenvalue weighted by atomic mass is 16.2. The Morgan fingerprint density at radius 2 is 1.67 bits per heavy atom. The highest BCUT2D eigenvalue weighted by molar-refractivity contribution is 5.93. The van der Waals surface area contributed by atoms with Crippen LogP contribution in [0.25, 0.3) is 10.9 Å². The molecule has 1 aliphatic heterocycles. The van der Waals surface area contributed by atoms with Gasteiger partial charge in [0, 0.05) is 56.4 Å². The third kappa shape index (κ3) is 5.11. The van der Waals surface area contributed by atoms with E-state index < -0.39 is 5.41 Å². The van der Waals surface area contributed by atoms with Crippen molar-refractivity contribution in [2.24, 2.45) is 0 Å². The summed E-state index contributed by atoms with van der Waals surface area (Å²) < 4.78 is 0. The number of hydrogen-bond acceptors (Lipinski definition) is 5. The summed E-state index contributed by atoms with van der Waals surface area (Å²) in [6.45, 7) is 8.83. The van der Waals surface area contributed by atoms with Gasteiger partial charge in [-0.3, -0.25) is 4.79 Å². The number of benzene rings is 2. The lowest BCUT2D eigenvalue weighted by atomic mass is 9.83. The molecule has 174 valence electrons. The average molecular weight is 446 g/mol. The molecule has 6 nitrogen and oxygen atoms in total. The van der Waals surface area contributed by atoms with Crippen LogP contribution in [0.3, 0.4) is 0 Å². The minimum absolute atomic E-state index is 0.186. The maximum absolute atomic E-state index is 13.3. The third-order valence-electron chi connectivity index (χ3n) is 6.50. The number of carbonyl (C=O) groups is 1. The van der Waals surface area contributed by atoms with Gasteiger partial charge in [0.2, 0.25) is 5.91 Å². The first-order valence-corrected chi connectivity index (χ1v) is 11.7. The molecule has 1 aliphatic rings. The van der Waals surface area contributed by atoms with Gasteiger partial charge < -0.3 is 20.0 Å². The Hall–Kier alpha value is -3.12. The van der Waals surface area contributed by atoms with Crippen LogP contribution in [0.2, 0.25) is 0 Å². The molecule has 1 aromatic heterocycles. The van der Waals surface area contributed by atoms with E-state index in [1.54, 1.807) is 0 Å². The summed E-state index contributed by atoms with van der Waals surface area (Å²) in [4.78, 5) is 24.8. The van der Waals surface area contributed by atoms with Crippen molar-refractivity contribution in [3.63, 3.8) is 0 Å². The molecule has 0 radical (unpaired) electrons. The zero-order valence-electron chi connectivity index (χ0n) is 20.2. The number of fused-ring (bicyclic) bond motifs is 1. The number of aromatic nitrogens is 1. The SMILES string of the molecule is CN(C)CCNc1cc(N2CCN(C(=O)C(C)(C)c3ccccc3)CC2)nc2ccccc12. The summed E-state index contributed by atoms with van der Waals surface area (Å²) in [5, 5.41) is 4.73. The van der Waals surface area contributed by atoms with E-state index in [0.717, 1.165) is 54.2 Å². The fourth-order valence-corrected chi connectivity index (χ4v) is 4.40. The molecule has 0 spiro atoms. The number of nitrogens with one attached hydrogen (secondary N) is 1. The Kier molecular flexibility index (Phi) is 6.84. The molecule has 1 amide bonds. The first kappa shape index (κ1) is 23.1. The molecule has 2 heterocycles. The van der Waals surface area contributed by atoms with Gasteiger partial charge in [-0.2, -0.15) is 0 Å². The molecule has 0 atom stereocenters. The topological polar surface area (TPSA) is 51.7 Å². The third-order valence-corrected chi connectivity index (χ3v) is 6.50. The van der Waals surface area contributed by atoms with Crippen LogP contribution >= 0.6 is 0 Å². The highest BCUT2D eigenvalue weighted by Gasteiger charge is 2.35. The van der Waals surface area contributed by atoms with Gasteiger partial charge in [-0.05, 0) is 39.6 Å². The summed E-state index contributed by atoms with van der Waals surface area (Å²) in [6.07, 6.45) is 0. The first-order valence-electron chi connectivity index (χ1n) is 11.7. The summed E-state index contributed by atoms with van der Waals surface area (Å²) >= 11 is 0. The summed E-state index contributed by atoms with van der Waals surface area (Å²) in [7, 11) is 4.16.